The molecule has 0 unspecified atom stereocenters. The summed E-state index contributed by atoms with van der Waals surface area (Å²) >= 11 is 0. The van der Waals surface area contributed by atoms with Gasteiger partial charge in [-0.25, -0.2) is 8.78 Å². The lowest BCUT2D eigenvalue weighted by atomic mass is 10.1. The van der Waals surface area contributed by atoms with Gasteiger partial charge in [-0.3, -0.25) is 4.39 Å². The van der Waals surface area contributed by atoms with Crippen molar-refractivity contribution in [1.82, 2.24) is 0 Å². The Morgan fingerprint density at radius 3 is 2.00 bits per heavy atom. The van der Waals surface area contributed by atoms with Crippen LogP contribution in [0.15, 0.2) is 12.1 Å². The quantitative estimate of drug-likeness (QED) is 0.828. The van der Waals surface area contributed by atoms with E-state index in [-0.39, 0.29) is 6.10 Å². The number of nitrogens with zero attached hydrogens (tertiary/aromatic N) is 2. The van der Waals surface area contributed by atoms with E-state index >= 15 is 0 Å². The maximum atomic E-state index is 13.3. The van der Waals surface area contributed by atoms with Gasteiger partial charge in [-0.1, -0.05) is 27.2 Å². The van der Waals surface area contributed by atoms with E-state index in [0.29, 0.717) is 26.0 Å². The molecule has 0 aromatic heterocycles. The molecule has 23 heavy (non-hydrogen) atoms. The Balaban J connectivity index is 0.000000594. The van der Waals surface area contributed by atoms with E-state index < -0.39 is 17.2 Å². The van der Waals surface area contributed by atoms with E-state index in [4.69, 9.17) is 10.00 Å². The molecule has 0 spiro atoms. The molecule has 0 radical (unpaired) electrons. The third kappa shape index (κ3) is 6.49. The molecular weight excluding hydrogens is 305 g/mol. The number of nitriles is 1. The second-order valence-corrected chi connectivity index (χ2v) is 5.46. The lowest BCUT2D eigenvalue weighted by molar-refractivity contribution is 0.0787. The molecule has 1 heterocycles. The van der Waals surface area contributed by atoms with Crippen LogP contribution in [0.4, 0.5) is 18.9 Å². The van der Waals surface area contributed by atoms with Crippen molar-refractivity contribution >= 4 is 5.69 Å². The molecule has 0 amide bonds. The Morgan fingerprint density at radius 2 is 1.70 bits per heavy atom. The third-order valence-electron chi connectivity index (χ3n) is 3.50. The van der Waals surface area contributed by atoms with Gasteiger partial charge in [0.15, 0.2) is 0 Å². The summed E-state index contributed by atoms with van der Waals surface area (Å²) in [5.41, 5.74) is -0.0881. The molecule has 1 fully saturated rings. The number of rotatable bonds is 3. The average Bonchev–Trinajstić information content (AvgIpc) is 2.48. The van der Waals surface area contributed by atoms with Crippen LogP contribution < -0.4 is 4.90 Å². The van der Waals surface area contributed by atoms with Gasteiger partial charge >= 0.3 is 0 Å². The summed E-state index contributed by atoms with van der Waals surface area (Å²) in [7, 11) is 2.10. The molecule has 2 rings (SSSR count). The minimum atomic E-state index is -0.821. The summed E-state index contributed by atoms with van der Waals surface area (Å²) in [4.78, 5) is 1.79. The molecule has 1 aliphatic heterocycles. The highest BCUT2D eigenvalue weighted by molar-refractivity contribution is 5.53. The van der Waals surface area contributed by atoms with Crippen molar-refractivity contribution < 1.29 is 17.9 Å². The van der Waals surface area contributed by atoms with E-state index in [1.807, 2.05) is 0 Å². The number of benzene rings is 1. The zero-order valence-electron chi connectivity index (χ0n) is 14.4. The van der Waals surface area contributed by atoms with Gasteiger partial charge in [-0.2, -0.15) is 5.26 Å². The van der Waals surface area contributed by atoms with Crippen molar-refractivity contribution in [2.45, 2.75) is 33.3 Å². The van der Waals surface area contributed by atoms with Crippen LogP contribution in [0.2, 0.25) is 0 Å². The highest BCUT2D eigenvalue weighted by atomic mass is 19.1. The largest absolute Gasteiger partial charge is 0.378 e. The van der Waals surface area contributed by atoms with Gasteiger partial charge in [0, 0.05) is 25.9 Å². The molecule has 6 heteroatoms. The van der Waals surface area contributed by atoms with Gasteiger partial charge in [-0.05, 0) is 18.1 Å². The van der Waals surface area contributed by atoms with E-state index in [9.17, 15) is 13.2 Å². The fraction of sp³-hybridized carbons (Fsp3) is 0.588. The van der Waals surface area contributed by atoms with Gasteiger partial charge in [0.25, 0.3) is 0 Å². The Labute approximate surface area is 136 Å². The second kappa shape index (κ2) is 10.9. The predicted octanol–water partition coefficient (Wildman–Crippen LogP) is 4.31. The number of hydrogen-bond donors (Lipinski definition) is 0. The Kier molecular flexibility index (Phi) is 10.1. The van der Waals surface area contributed by atoms with E-state index in [1.165, 1.54) is 24.6 Å². The monoisotopic (exact) mass is 330 g/mol. The molecule has 130 valence electrons. The summed E-state index contributed by atoms with van der Waals surface area (Å²) in [5, 5.41) is 8.52. The number of anilines is 1. The number of halogens is 3. The highest BCUT2D eigenvalue weighted by Crippen LogP contribution is 2.26. The molecule has 0 saturated carbocycles. The first-order valence-electron chi connectivity index (χ1n) is 7.47. The van der Waals surface area contributed by atoms with Crippen molar-refractivity contribution in [3.05, 3.63) is 29.3 Å². The van der Waals surface area contributed by atoms with Crippen LogP contribution in [0.1, 0.15) is 32.8 Å². The van der Waals surface area contributed by atoms with Gasteiger partial charge < -0.3 is 9.64 Å². The maximum Gasteiger partial charge on any atom is 0.146 e. The van der Waals surface area contributed by atoms with Crippen molar-refractivity contribution in [3.8, 4) is 6.07 Å². The maximum absolute atomic E-state index is 13.3. The van der Waals surface area contributed by atoms with Crippen molar-refractivity contribution in [3.63, 3.8) is 0 Å². The minimum Gasteiger partial charge on any atom is -0.378 e. The van der Waals surface area contributed by atoms with Gasteiger partial charge in [0.2, 0.25) is 0 Å². The molecule has 1 saturated heterocycles. The van der Waals surface area contributed by atoms with Crippen LogP contribution in [0.5, 0.6) is 0 Å². The fourth-order valence-electron chi connectivity index (χ4n) is 1.65. The lowest BCUT2D eigenvalue weighted by Gasteiger charge is -2.40. The van der Waals surface area contributed by atoms with Crippen molar-refractivity contribution in [2.24, 2.45) is 5.92 Å². The first-order chi connectivity index (χ1) is 10.9. The predicted molar refractivity (Wildman–Crippen MR) is 86.2 cm³/mol. The van der Waals surface area contributed by atoms with Gasteiger partial charge in [-0.15, -0.1) is 0 Å². The lowest BCUT2D eigenvalue weighted by Crippen LogP contribution is -2.52. The number of ether oxygens (including phenoxy) is 1. The summed E-state index contributed by atoms with van der Waals surface area (Å²) in [6.07, 6.45) is 1.42. The molecule has 1 aromatic rings. The summed E-state index contributed by atoms with van der Waals surface area (Å²) in [6, 6.07) is 3.84. The second-order valence-electron chi connectivity index (χ2n) is 5.46. The van der Waals surface area contributed by atoms with Crippen molar-refractivity contribution in [1.29, 1.82) is 5.26 Å². The topological polar surface area (TPSA) is 36.3 Å². The molecule has 3 nitrogen and oxygen atoms in total. The number of methoxy groups -OCH3 is 1. The van der Waals surface area contributed by atoms with Crippen LogP contribution in [-0.2, 0) is 4.74 Å². The average molecular weight is 330 g/mol. The molecule has 0 aliphatic carbocycles. The van der Waals surface area contributed by atoms with Crippen molar-refractivity contribution in [2.75, 3.05) is 32.3 Å². The Hall–Kier alpha value is -1.74. The number of hydrogen-bond acceptors (Lipinski definition) is 3. The smallest absolute Gasteiger partial charge is 0.146 e. The van der Waals surface area contributed by atoms with Crippen LogP contribution in [0.25, 0.3) is 0 Å². The highest BCUT2D eigenvalue weighted by Gasteiger charge is 2.27. The summed E-state index contributed by atoms with van der Waals surface area (Å²) < 4.78 is 41.1. The summed E-state index contributed by atoms with van der Waals surface area (Å²) in [6.45, 7) is 7.87. The van der Waals surface area contributed by atoms with Crippen LogP contribution in [0, 0.1) is 28.9 Å². The van der Waals surface area contributed by atoms with E-state index in [0.717, 1.165) is 5.92 Å². The first kappa shape index (κ1) is 21.3. The number of alkyl halides is 1. The Bertz CT molecular complexity index is 486. The van der Waals surface area contributed by atoms with Crippen LogP contribution >= 0.6 is 0 Å². The fourth-order valence-corrected chi connectivity index (χ4v) is 1.65. The SMILES string of the molecule is CCC(C)C.CF.COC1CN(c2cc(F)c(C#N)c(F)c2)C1. The Morgan fingerprint density at radius 1 is 1.26 bits per heavy atom. The van der Waals surface area contributed by atoms with E-state index in [1.54, 1.807) is 12.0 Å². The zero-order valence-corrected chi connectivity index (χ0v) is 14.4. The third-order valence-corrected chi connectivity index (χ3v) is 3.50. The van der Waals surface area contributed by atoms with Gasteiger partial charge in [0.1, 0.15) is 23.3 Å². The standard InChI is InChI=1S/C11H10F2N2O.C5H12.CH3F/c1-16-8-5-15(6-8)7-2-10(12)9(4-14)11(13)3-7;1-4-5(2)3;1-2/h2-3,8H,5-6H2,1H3;5H,4H2,1-3H3;1H3. The zero-order chi connectivity index (χ0) is 18.0. The molecular formula is C17H25F3N2O. The summed E-state index contributed by atoms with van der Waals surface area (Å²) in [5.74, 6) is -0.758. The normalized spacial score (nSPS) is 13.3. The minimum absolute atomic E-state index is 0.113. The molecule has 1 aliphatic rings. The molecule has 0 bridgehead atoms. The van der Waals surface area contributed by atoms with Crippen LogP contribution in [-0.4, -0.2) is 33.5 Å². The first-order valence-corrected chi connectivity index (χ1v) is 7.47. The molecule has 0 N–H and O–H groups in total. The molecule has 1 aromatic carbocycles. The molecule has 0 atom stereocenters. The van der Waals surface area contributed by atoms with Crippen LogP contribution in [0.3, 0.4) is 0 Å². The van der Waals surface area contributed by atoms with Gasteiger partial charge in [0.05, 0.1) is 13.3 Å². The van der Waals surface area contributed by atoms with E-state index in [2.05, 4.69) is 20.8 Å².